The zero-order chi connectivity index (χ0) is 18.9. The number of hydrogen-bond acceptors (Lipinski definition) is 1. The fraction of sp³-hybridized carbons (Fsp3) is 0.440. The van der Waals surface area contributed by atoms with Crippen LogP contribution < -0.4 is 0 Å². The summed E-state index contributed by atoms with van der Waals surface area (Å²) in [5.41, 5.74) is 7.27. The summed E-state index contributed by atoms with van der Waals surface area (Å²) in [5.74, 6) is 0.246. The zero-order valence-electron chi connectivity index (χ0n) is 16.9. The molecule has 1 fully saturated rings. The molecule has 1 aliphatic carbocycles. The topological polar surface area (TPSA) is 12.5 Å². The van der Waals surface area contributed by atoms with E-state index in [4.69, 9.17) is 4.74 Å². The average molecular weight is 349 g/mol. The highest BCUT2D eigenvalue weighted by Gasteiger charge is 2.56. The molecule has 0 amide bonds. The quantitative estimate of drug-likeness (QED) is 0.325. The van der Waals surface area contributed by atoms with Crippen LogP contribution in [0.1, 0.15) is 58.9 Å². The summed E-state index contributed by atoms with van der Waals surface area (Å²) in [4.78, 5) is 0. The molecule has 0 saturated carbocycles. The van der Waals surface area contributed by atoms with E-state index in [2.05, 4.69) is 83.7 Å². The lowest BCUT2D eigenvalue weighted by Gasteiger charge is -2.40. The molecule has 1 nitrogen and oxygen atoms in total. The Morgan fingerprint density at radius 3 is 2.38 bits per heavy atom. The maximum absolute atomic E-state index is 6.17. The highest BCUT2D eigenvalue weighted by Crippen LogP contribution is 2.57. The van der Waals surface area contributed by atoms with Gasteiger partial charge < -0.3 is 4.74 Å². The van der Waals surface area contributed by atoms with Crippen molar-refractivity contribution in [1.29, 1.82) is 0 Å². The number of allylic oxidation sites excluding steroid dienone is 6. The number of epoxide rings is 1. The van der Waals surface area contributed by atoms with E-state index in [-0.39, 0.29) is 11.5 Å². The zero-order valence-corrected chi connectivity index (χ0v) is 16.9. The van der Waals surface area contributed by atoms with Crippen molar-refractivity contribution in [2.24, 2.45) is 5.41 Å². The second kappa shape index (κ2) is 7.04. The van der Waals surface area contributed by atoms with Crippen molar-refractivity contribution >= 4 is 0 Å². The van der Waals surface area contributed by atoms with Crippen molar-refractivity contribution in [2.75, 3.05) is 6.61 Å². The van der Waals surface area contributed by atoms with Crippen LogP contribution in [-0.4, -0.2) is 12.2 Å². The standard InChI is InChI=1S/C25H32O/c1-7-8-14-21(18(2)3)22(20-12-10-9-11-13-20)23-19(4)15-24(5,6)16-25(23)17-26-25/h7-14,22H,1,15-17H2,2-6H3/b14-8-/t22-,25?/m1/s1. The molecule has 2 atom stereocenters. The molecule has 1 saturated heterocycles. The fourth-order valence-electron chi connectivity index (χ4n) is 4.86. The van der Waals surface area contributed by atoms with Crippen LogP contribution in [0.2, 0.25) is 0 Å². The summed E-state index contributed by atoms with van der Waals surface area (Å²) in [6, 6.07) is 10.9. The third-order valence-corrected chi connectivity index (χ3v) is 5.67. The van der Waals surface area contributed by atoms with Crippen molar-refractivity contribution < 1.29 is 4.74 Å². The molecule has 1 heteroatoms. The van der Waals surface area contributed by atoms with E-state index < -0.39 is 0 Å². The van der Waals surface area contributed by atoms with Gasteiger partial charge in [-0.2, -0.15) is 0 Å². The third kappa shape index (κ3) is 3.64. The average Bonchev–Trinajstić information content (AvgIpc) is 3.31. The van der Waals surface area contributed by atoms with Gasteiger partial charge >= 0.3 is 0 Å². The van der Waals surface area contributed by atoms with Crippen LogP contribution >= 0.6 is 0 Å². The SMILES string of the molecule is C=C/C=C\C(=C(C)C)[C@H](C1=C(C)CC(C)(C)CC12CO2)c1ccccc1. The van der Waals surface area contributed by atoms with Gasteiger partial charge in [0, 0.05) is 5.92 Å². The first-order valence-electron chi connectivity index (χ1n) is 9.65. The largest absolute Gasteiger partial charge is 0.365 e. The van der Waals surface area contributed by atoms with Crippen LogP contribution in [-0.2, 0) is 4.74 Å². The maximum Gasteiger partial charge on any atom is 0.114 e. The van der Waals surface area contributed by atoms with Crippen molar-refractivity contribution in [3.63, 3.8) is 0 Å². The van der Waals surface area contributed by atoms with Crippen molar-refractivity contribution in [3.05, 3.63) is 83.0 Å². The molecule has 26 heavy (non-hydrogen) atoms. The van der Waals surface area contributed by atoms with Crippen molar-refractivity contribution in [1.82, 2.24) is 0 Å². The Morgan fingerprint density at radius 2 is 1.85 bits per heavy atom. The highest BCUT2D eigenvalue weighted by molar-refractivity contribution is 5.52. The van der Waals surface area contributed by atoms with Crippen LogP contribution in [0, 0.1) is 5.41 Å². The van der Waals surface area contributed by atoms with Gasteiger partial charge in [-0.3, -0.25) is 0 Å². The lowest BCUT2D eigenvalue weighted by molar-refractivity contribution is 0.200. The Labute approximate surface area is 159 Å². The van der Waals surface area contributed by atoms with Crippen LogP contribution in [0.25, 0.3) is 0 Å². The minimum atomic E-state index is -0.0743. The molecular formula is C25H32O. The smallest absolute Gasteiger partial charge is 0.114 e. The molecule has 1 unspecified atom stereocenters. The molecule has 1 aromatic rings. The van der Waals surface area contributed by atoms with Gasteiger partial charge in [0.2, 0.25) is 0 Å². The number of benzene rings is 1. The van der Waals surface area contributed by atoms with Gasteiger partial charge in [-0.15, -0.1) is 0 Å². The van der Waals surface area contributed by atoms with E-state index in [9.17, 15) is 0 Å². The summed E-state index contributed by atoms with van der Waals surface area (Å²) in [5, 5.41) is 0. The van der Waals surface area contributed by atoms with Crippen LogP contribution in [0.4, 0.5) is 0 Å². The molecule has 1 aromatic carbocycles. The molecule has 0 aromatic heterocycles. The Balaban J connectivity index is 2.20. The van der Waals surface area contributed by atoms with Gasteiger partial charge in [-0.05, 0) is 55.7 Å². The lowest BCUT2D eigenvalue weighted by atomic mass is 9.64. The van der Waals surface area contributed by atoms with Gasteiger partial charge in [0.1, 0.15) is 5.60 Å². The molecule has 1 spiro atoms. The molecule has 0 radical (unpaired) electrons. The van der Waals surface area contributed by atoms with Crippen molar-refractivity contribution in [2.45, 2.75) is 59.0 Å². The van der Waals surface area contributed by atoms with E-state index in [1.165, 1.54) is 27.9 Å². The molecular weight excluding hydrogens is 316 g/mol. The summed E-state index contributed by atoms with van der Waals surface area (Å²) in [6.07, 6.45) is 8.40. The third-order valence-electron chi connectivity index (χ3n) is 5.67. The second-order valence-electron chi connectivity index (χ2n) is 8.89. The Hall–Kier alpha value is -1.86. The predicted octanol–water partition coefficient (Wildman–Crippen LogP) is 6.75. The van der Waals surface area contributed by atoms with Gasteiger partial charge in [-0.25, -0.2) is 0 Å². The highest BCUT2D eigenvalue weighted by atomic mass is 16.6. The summed E-state index contributed by atoms with van der Waals surface area (Å²) in [6.45, 7) is 16.2. The monoisotopic (exact) mass is 348 g/mol. The summed E-state index contributed by atoms with van der Waals surface area (Å²) >= 11 is 0. The lowest BCUT2D eigenvalue weighted by Crippen LogP contribution is -2.34. The number of hydrogen-bond donors (Lipinski definition) is 0. The van der Waals surface area contributed by atoms with E-state index >= 15 is 0 Å². The normalized spacial score (nSPS) is 25.4. The molecule has 0 N–H and O–H groups in total. The number of ether oxygens (including phenoxy) is 1. The second-order valence-corrected chi connectivity index (χ2v) is 8.89. The Kier molecular flexibility index (Phi) is 5.12. The molecule has 138 valence electrons. The predicted molar refractivity (Wildman–Crippen MR) is 111 cm³/mol. The van der Waals surface area contributed by atoms with Crippen LogP contribution in [0.5, 0.6) is 0 Å². The minimum absolute atomic E-state index is 0.0743. The van der Waals surface area contributed by atoms with Gasteiger partial charge in [0.25, 0.3) is 0 Å². The van der Waals surface area contributed by atoms with E-state index in [0.29, 0.717) is 5.41 Å². The van der Waals surface area contributed by atoms with E-state index in [1.807, 2.05) is 6.08 Å². The number of rotatable bonds is 5. The molecule has 0 bridgehead atoms. The fourth-order valence-corrected chi connectivity index (χ4v) is 4.86. The summed E-state index contributed by atoms with van der Waals surface area (Å²) < 4.78 is 6.17. The van der Waals surface area contributed by atoms with E-state index in [0.717, 1.165) is 19.4 Å². The van der Waals surface area contributed by atoms with E-state index in [1.54, 1.807) is 0 Å². The molecule has 3 rings (SSSR count). The first kappa shape index (κ1) is 18.9. The van der Waals surface area contributed by atoms with Crippen LogP contribution in [0.3, 0.4) is 0 Å². The molecule has 2 aliphatic rings. The van der Waals surface area contributed by atoms with Gasteiger partial charge in [-0.1, -0.05) is 80.1 Å². The first-order valence-corrected chi connectivity index (χ1v) is 9.65. The van der Waals surface area contributed by atoms with Gasteiger partial charge in [0.05, 0.1) is 6.61 Å². The van der Waals surface area contributed by atoms with Crippen molar-refractivity contribution in [3.8, 4) is 0 Å². The Morgan fingerprint density at radius 1 is 1.19 bits per heavy atom. The molecule has 1 heterocycles. The first-order chi connectivity index (χ1) is 12.3. The Bertz CT molecular complexity index is 766. The van der Waals surface area contributed by atoms with Crippen LogP contribution in [0.15, 0.2) is 77.4 Å². The maximum atomic E-state index is 6.17. The van der Waals surface area contributed by atoms with Gasteiger partial charge in [0.15, 0.2) is 0 Å². The minimum Gasteiger partial charge on any atom is -0.365 e. The molecule has 1 aliphatic heterocycles. The summed E-state index contributed by atoms with van der Waals surface area (Å²) in [7, 11) is 0.